The van der Waals surface area contributed by atoms with Crippen molar-refractivity contribution in [2.24, 2.45) is 0 Å². The molecule has 4 heteroatoms. The minimum Gasteiger partial charge on any atom is -0.506 e. The largest absolute Gasteiger partial charge is 0.506 e. The zero-order valence-corrected chi connectivity index (χ0v) is 9.39. The number of aryl methyl sites for hydroxylation is 1. The van der Waals surface area contributed by atoms with Crippen molar-refractivity contribution < 1.29 is 9.50 Å². The highest BCUT2D eigenvalue weighted by Crippen LogP contribution is 2.36. The highest BCUT2D eigenvalue weighted by atomic mass is 79.9. The summed E-state index contributed by atoms with van der Waals surface area (Å²) in [5.74, 6) is -1.37. The summed E-state index contributed by atoms with van der Waals surface area (Å²) < 4.78 is 14.0. The molecule has 1 atom stereocenters. The molecule has 1 unspecified atom stereocenters. The van der Waals surface area contributed by atoms with Crippen molar-refractivity contribution in [1.82, 2.24) is 0 Å². The maximum absolute atomic E-state index is 13.5. The lowest BCUT2D eigenvalue weighted by Gasteiger charge is -2.11. The summed E-state index contributed by atoms with van der Waals surface area (Å²) in [5.41, 5.74) is 0.464. The molecule has 1 aromatic carbocycles. The number of hydrogen-bond acceptors (Lipinski definition) is 2. The number of phenolic OH excluding ortho intramolecular Hbond substituents is 1. The third-order valence-corrected chi connectivity index (χ3v) is 2.64. The molecule has 0 aliphatic rings. The van der Waals surface area contributed by atoms with Gasteiger partial charge in [-0.2, -0.15) is 5.26 Å². The Morgan fingerprint density at radius 3 is 2.71 bits per heavy atom. The fourth-order valence-electron chi connectivity index (χ4n) is 1.23. The average Bonchev–Trinajstić information content (AvgIpc) is 2.15. The molecule has 0 aliphatic heterocycles. The van der Waals surface area contributed by atoms with Crippen molar-refractivity contribution in [3.05, 3.63) is 27.5 Å². The van der Waals surface area contributed by atoms with Gasteiger partial charge < -0.3 is 5.11 Å². The predicted molar refractivity (Wildman–Crippen MR) is 54.5 cm³/mol. The van der Waals surface area contributed by atoms with Crippen LogP contribution in [0.2, 0.25) is 0 Å². The maximum Gasteiger partial charge on any atom is 0.137 e. The first-order valence-electron chi connectivity index (χ1n) is 4.06. The van der Waals surface area contributed by atoms with Gasteiger partial charge in [-0.3, -0.25) is 0 Å². The van der Waals surface area contributed by atoms with Crippen LogP contribution in [0.3, 0.4) is 0 Å². The summed E-state index contributed by atoms with van der Waals surface area (Å²) in [6.07, 6.45) is 0. The number of phenols is 1. The van der Waals surface area contributed by atoms with Gasteiger partial charge in [-0.05, 0) is 41.4 Å². The number of nitriles is 1. The van der Waals surface area contributed by atoms with Crippen LogP contribution in [0.25, 0.3) is 0 Å². The third-order valence-electron chi connectivity index (χ3n) is 2.03. The Hall–Kier alpha value is -1.08. The molecule has 0 amide bonds. The van der Waals surface area contributed by atoms with Crippen LogP contribution in [-0.2, 0) is 0 Å². The van der Waals surface area contributed by atoms with Gasteiger partial charge in [0.1, 0.15) is 11.6 Å². The quantitative estimate of drug-likeness (QED) is 0.840. The maximum atomic E-state index is 13.5. The average molecular weight is 258 g/mol. The topological polar surface area (TPSA) is 44.0 Å². The van der Waals surface area contributed by atoms with Gasteiger partial charge in [-0.25, -0.2) is 4.39 Å². The van der Waals surface area contributed by atoms with E-state index in [1.165, 1.54) is 6.07 Å². The first-order valence-corrected chi connectivity index (χ1v) is 4.85. The molecular formula is C10H9BrFNO. The summed E-state index contributed by atoms with van der Waals surface area (Å²) in [6.45, 7) is 3.14. The third kappa shape index (κ3) is 1.73. The van der Waals surface area contributed by atoms with Crippen LogP contribution in [0, 0.1) is 24.1 Å². The van der Waals surface area contributed by atoms with Crippen molar-refractivity contribution in [1.29, 1.82) is 5.26 Å². The smallest absolute Gasteiger partial charge is 0.137 e. The molecule has 74 valence electrons. The van der Waals surface area contributed by atoms with Crippen molar-refractivity contribution in [3.8, 4) is 11.8 Å². The molecule has 1 rings (SSSR count). The van der Waals surface area contributed by atoms with E-state index >= 15 is 0 Å². The van der Waals surface area contributed by atoms with Gasteiger partial charge in [0, 0.05) is 5.56 Å². The second-order valence-corrected chi connectivity index (χ2v) is 3.96. The SMILES string of the molecule is Cc1cc(Br)c(O)c(C(C)C#N)c1F. The number of benzene rings is 1. The Kier molecular flexibility index (Phi) is 3.12. The van der Waals surface area contributed by atoms with E-state index in [0.29, 0.717) is 10.0 Å². The van der Waals surface area contributed by atoms with Gasteiger partial charge in [0.25, 0.3) is 0 Å². The molecule has 0 heterocycles. The lowest BCUT2D eigenvalue weighted by molar-refractivity contribution is 0.452. The Labute approximate surface area is 90.1 Å². The molecule has 0 spiro atoms. The second-order valence-electron chi connectivity index (χ2n) is 3.10. The van der Waals surface area contributed by atoms with E-state index in [0.717, 1.165) is 0 Å². The first-order chi connectivity index (χ1) is 6.49. The van der Waals surface area contributed by atoms with E-state index in [4.69, 9.17) is 5.26 Å². The van der Waals surface area contributed by atoms with Gasteiger partial charge in [-0.1, -0.05) is 0 Å². The lowest BCUT2D eigenvalue weighted by Crippen LogP contribution is -1.98. The number of hydrogen-bond donors (Lipinski definition) is 1. The normalized spacial score (nSPS) is 12.2. The molecule has 0 aromatic heterocycles. The zero-order chi connectivity index (χ0) is 10.9. The number of aromatic hydroxyl groups is 1. The fourth-order valence-corrected chi connectivity index (χ4v) is 1.78. The van der Waals surface area contributed by atoms with Gasteiger partial charge in [0.2, 0.25) is 0 Å². The minimum atomic E-state index is -0.661. The molecule has 14 heavy (non-hydrogen) atoms. The van der Waals surface area contributed by atoms with Crippen LogP contribution in [0.1, 0.15) is 24.0 Å². The van der Waals surface area contributed by atoms with Gasteiger partial charge in [-0.15, -0.1) is 0 Å². The molecule has 0 fully saturated rings. The van der Waals surface area contributed by atoms with Crippen molar-refractivity contribution in [2.75, 3.05) is 0 Å². The van der Waals surface area contributed by atoms with Crippen LogP contribution in [0.15, 0.2) is 10.5 Å². The van der Waals surface area contributed by atoms with Crippen LogP contribution in [-0.4, -0.2) is 5.11 Å². The van der Waals surface area contributed by atoms with Crippen LogP contribution in [0.4, 0.5) is 4.39 Å². The summed E-state index contributed by atoms with van der Waals surface area (Å²) in [6, 6.07) is 3.38. The van der Waals surface area contributed by atoms with Crippen molar-refractivity contribution in [2.45, 2.75) is 19.8 Å². The van der Waals surface area contributed by atoms with E-state index in [9.17, 15) is 9.50 Å². The molecule has 0 saturated carbocycles. The summed E-state index contributed by atoms with van der Waals surface area (Å²) in [5, 5.41) is 18.2. The second kappa shape index (κ2) is 3.97. The standard InChI is InChI=1S/C10H9BrFNO/c1-5-3-7(11)10(14)8(9(5)12)6(2)4-13/h3,6,14H,1-2H3. The lowest BCUT2D eigenvalue weighted by atomic mass is 9.98. The van der Waals surface area contributed by atoms with Crippen LogP contribution in [0.5, 0.6) is 5.75 Å². The Balaban J connectivity index is 3.49. The van der Waals surface area contributed by atoms with E-state index < -0.39 is 11.7 Å². The summed E-state index contributed by atoms with van der Waals surface area (Å²) in [4.78, 5) is 0. The number of halogens is 2. The van der Waals surface area contributed by atoms with Crippen molar-refractivity contribution >= 4 is 15.9 Å². The van der Waals surface area contributed by atoms with Crippen LogP contribution < -0.4 is 0 Å². The van der Waals surface area contributed by atoms with Gasteiger partial charge >= 0.3 is 0 Å². The van der Waals surface area contributed by atoms with E-state index in [1.807, 2.05) is 6.07 Å². The molecule has 0 radical (unpaired) electrons. The molecule has 2 nitrogen and oxygen atoms in total. The summed E-state index contributed by atoms with van der Waals surface area (Å²) >= 11 is 3.10. The Bertz CT molecular complexity index is 385. The summed E-state index contributed by atoms with van der Waals surface area (Å²) in [7, 11) is 0. The molecule has 0 bridgehead atoms. The predicted octanol–water partition coefficient (Wildman–Crippen LogP) is 3.23. The molecule has 1 N–H and O–H groups in total. The molecule has 1 aromatic rings. The van der Waals surface area contributed by atoms with Gasteiger partial charge in [0.15, 0.2) is 0 Å². The fraction of sp³-hybridized carbons (Fsp3) is 0.300. The zero-order valence-electron chi connectivity index (χ0n) is 7.81. The van der Waals surface area contributed by atoms with E-state index in [1.54, 1.807) is 13.8 Å². The Morgan fingerprint density at radius 1 is 1.64 bits per heavy atom. The van der Waals surface area contributed by atoms with Crippen molar-refractivity contribution in [3.63, 3.8) is 0 Å². The number of nitrogens with zero attached hydrogens (tertiary/aromatic N) is 1. The minimum absolute atomic E-state index is 0.0550. The van der Waals surface area contributed by atoms with Crippen LogP contribution >= 0.6 is 15.9 Å². The molecule has 0 saturated heterocycles. The molecule has 0 aliphatic carbocycles. The van der Waals surface area contributed by atoms with Gasteiger partial charge in [0.05, 0.1) is 16.5 Å². The van der Waals surface area contributed by atoms with E-state index in [2.05, 4.69) is 15.9 Å². The monoisotopic (exact) mass is 257 g/mol. The molecular weight excluding hydrogens is 249 g/mol. The first kappa shape index (κ1) is 11.0. The highest BCUT2D eigenvalue weighted by Gasteiger charge is 2.19. The highest BCUT2D eigenvalue weighted by molar-refractivity contribution is 9.10. The Morgan fingerprint density at radius 2 is 2.21 bits per heavy atom. The van der Waals surface area contributed by atoms with E-state index in [-0.39, 0.29) is 11.3 Å². The number of rotatable bonds is 1.